The fourth-order valence-corrected chi connectivity index (χ4v) is 3.24. The summed E-state index contributed by atoms with van der Waals surface area (Å²) in [5.74, 6) is 0. The predicted molar refractivity (Wildman–Crippen MR) is 71.3 cm³/mol. The SMILES string of the molecule is Cc1nc(C)c(CCNCc2cccs2)s1. The lowest BCUT2D eigenvalue weighted by Gasteiger charge is -2.01. The Bertz CT molecular complexity index is 432. The molecule has 0 unspecified atom stereocenters. The molecule has 2 nitrogen and oxygen atoms in total. The van der Waals surface area contributed by atoms with E-state index >= 15 is 0 Å². The largest absolute Gasteiger partial charge is 0.311 e. The third-order valence-corrected chi connectivity index (χ3v) is 4.42. The molecule has 2 aromatic rings. The molecular weight excluding hydrogens is 236 g/mol. The number of thiazole rings is 1. The fourth-order valence-electron chi connectivity index (χ4n) is 1.63. The Morgan fingerprint density at radius 1 is 1.38 bits per heavy atom. The third-order valence-electron chi connectivity index (χ3n) is 2.41. The molecule has 0 amide bonds. The van der Waals surface area contributed by atoms with E-state index in [-0.39, 0.29) is 0 Å². The van der Waals surface area contributed by atoms with E-state index < -0.39 is 0 Å². The maximum atomic E-state index is 4.43. The molecule has 0 saturated heterocycles. The van der Waals surface area contributed by atoms with Crippen LogP contribution in [0.3, 0.4) is 0 Å². The number of aromatic nitrogens is 1. The van der Waals surface area contributed by atoms with Gasteiger partial charge in [-0.15, -0.1) is 22.7 Å². The van der Waals surface area contributed by atoms with Crippen molar-refractivity contribution in [2.24, 2.45) is 0 Å². The number of thiophene rings is 1. The predicted octanol–water partition coefficient (Wildman–Crippen LogP) is 3.15. The summed E-state index contributed by atoms with van der Waals surface area (Å²) in [5.41, 5.74) is 1.19. The van der Waals surface area contributed by atoms with Crippen molar-refractivity contribution in [2.45, 2.75) is 26.8 Å². The van der Waals surface area contributed by atoms with Crippen LogP contribution in [0.2, 0.25) is 0 Å². The minimum absolute atomic E-state index is 0.981. The van der Waals surface area contributed by atoms with Crippen LogP contribution in [0, 0.1) is 13.8 Å². The first-order valence-corrected chi connectivity index (χ1v) is 7.11. The number of rotatable bonds is 5. The van der Waals surface area contributed by atoms with Crippen LogP contribution in [0.5, 0.6) is 0 Å². The van der Waals surface area contributed by atoms with E-state index in [2.05, 4.69) is 41.7 Å². The zero-order chi connectivity index (χ0) is 11.4. The molecule has 1 N–H and O–H groups in total. The van der Waals surface area contributed by atoms with Crippen molar-refractivity contribution in [1.82, 2.24) is 10.3 Å². The van der Waals surface area contributed by atoms with Crippen LogP contribution in [0.1, 0.15) is 20.5 Å². The van der Waals surface area contributed by atoms with Crippen molar-refractivity contribution in [3.8, 4) is 0 Å². The molecule has 2 rings (SSSR count). The fraction of sp³-hybridized carbons (Fsp3) is 0.417. The van der Waals surface area contributed by atoms with E-state index in [4.69, 9.17) is 0 Å². The zero-order valence-corrected chi connectivity index (χ0v) is 11.3. The molecule has 0 bridgehead atoms. The highest BCUT2D eigenvalue weighted by atomic mass is 32.1. The Morgan fingerprint density at radius 3 is 2.88 bits per heavy atom. The van der Waals surface area contributed by atoms with Crippen molar-refractivity contribution >= 4 is 22.7 Å². The smallest absolute Gasteiger partial charge is 0.0900 e. The second kappa shape index (κ2) is 5.57. The summed E-state index contributed by atoms with van der Waals surface area (Å²) in [4.78, 5) is 7.25. The van der Waals surface area contributed by atoms with Crippen molar-refractivity contribution in [2.75, 3.05) is 6.54 Å². The van der Waals surface area contributed by atoms with Crippen LogP contribution in [0.25, 0.3) is 0 Å². The highest BCUT2D eigenvalue weighted by Crippen LogP contribution is 2.17. The minimum Gasteiger partial charge on any atom is -0.311 e. The second-order valence-electron chi connectivity index (χ2n) is 3.75. The lowest BCUT2D eigenvalue weighted by molar-refractivity contribution is 0.695. The summed E-state index contributed by atoms with van der Waals surface area (Å²) in [6.07, 6.45) is 1.09. The maximum Gasteiger partial charge on any atom is 0.0900 e. The summed E-state index contributed by atoms with van der Waals surface area (Å²) in [5, 5.41) is 6.75. The van der Waals surface area contributed by atoms with Crippen LogP contribution >= 0.6 is 22.7 Å². The molecule has 0 aromatic carbocycles. The average molecular weight is 252 g/mol. The summed E-state index contributed by atoms with van der Waals surface area (Å²) in [7, 11) is 0. The minimum atomic E-state index is 0.981. The van der Waals surface area contributed by atoms with Gasteiger partial charge in [-0.1, -0.05) is 6.07 Å². The van der Waals surface area contributed by atoms with E-state index in [0.29, 0.717) is 0 Å². The van der Waals surface area contributed by atoms with Gasteiger partial charge in [-0.3, -0.25) is 0 Å². The monoisotopic (exact) mass is 252 g/mol. The first-order valence-electron chi connectivity index (χ1n) is 5.41. The van der Waals surface area contributed by atoms with Gasteiger partial charge in [0.1, 0.15) is 0 Å². The molecule has 2 aromatic heterocycles. The molecule has 4 heteroatoms. The van der Waals surface area contributed by atoms with Crippen molar-refractivity contribution in [3.05, 3.63) is 38.0 Å². The highest BCUT2D eigenvalue weighted by molar-refractivity contribution is 7.11. The quantitative estimate of drug-likeness (QED) is 0.827. The molecular formula is C12H16N2S2. The number of hydrogen-bond donors (Lipinski definition) is 1. The second-order valence-corrected chi connectivity index (χ2v) is 6.07. The number of nitrogens with zero attached hydrogens (tertiary/aromatic N) is 1. The molecule has 0 atom stereocenters. The summed E-state index contributed by atoms with van der Waals surface area (Å²) in [6, 6.07) is 4.26. The van der Waals surface area contributed by atoms with Crippen LogP contribution in [-0.2, 0) is 13.0 Å². The van der Waals surface area contributed by atoms with E-state index in [9.17, 15) is 0 Å². The Balaban J connectivity index is 1.74. The molecule has 2 heterocycles. The Morgan fingerprint density at radius 2 is 2.25 bits per heavy atom. The van der Waals surface area contributed by atoms with Crippen LogP contribution in [0.4, 0.5) is 0 Å². The van der Waals surface area contributed by atoms with Gasteiger partial charge in [0, 0.05) is 22.8 Å². The van der Waals surface area contributed by atoms with Crippen LogP contribution in [-0.4, -0.2) is 11.5 Å². The van der Waals surface area contributed by atoms with Gasteiger partial charge in [0.15, 0.2) is 0 Å². The van der Waals surface area contributed by atoms with Gasteiger partial charge in [-0.25, -0.2) is 4.98 Å². The molecule has 0 fully saturated rings. The van der Waals surface area contributed by atoms with Gasteiger partial charge in [0.05, 0.1) is 10.7 Å². The van der Waals surface area contributed by atoms with Gasteiger partial charge in [-0.2, -0.15) is 0 Å². The molecule has 0 aliphatic carbocycles. The van der Waals surface area contributed by atoms with Gasteiger partial charge in [-0.05, 0) is 31.7 Å². The van der Waals surface area contributed by atoms with E-state index in [0.717, 1.165) is 19.5 Å². The van der Waals surface area contributed by atoms with E-state index in [1.165, 1.54) is 20.5 Å². The molecule has 0 radical (unpaired) electrons. The van der Waals surface area contributed by atoms with Crippen molar-refractivity contribution in [3.63, 3.8) is 0 Å². The average Bonchev–Trinajstić information content (AvgIpc) is 2.84. The topological polar surface area (TPSA) is 24.9 Å². The molecule has 0 spiro atoms. The molecule has 86 valence electrons. The standard InChI is InChI=1S/C12H16N2S2/c1-9-12(16-10(2)14-9)5-6-13-8-11-4-3-7-15-11/h3-4,7,13H,5-6,8H2,1-2H3. The molecule has 0 aliphatic heterocycles. The Kier molecular flexibility index (Phi) is 4.09. The van der Waals surface area contributed by atoms with Crippen molar-refractivity contribution in [1.29, 1.82) is 0 Å². The summed E-state index contributed by atoms with van der Waals surface area (Å²) < 4.78 is 0. The molecule has 16 heavy (non-hydrogen) atoms. The van der Waals surface area contributed by atoms with Crippen LogP contribution in [0.15, 0.2) is 17.5 Å². The van der Waals surface area contributed by atoms with Gasteiger partial charge < -0.3 is 5.32 Å². The summed E-state index contributed by atoms with van der Waals surface area (Å²) in [6.45, 7) is 6.17. The lowest BCUT2D eigenvalue weighted by Crippen LogP contribution is -2.15. The molecule has 0 aliphatic rings. The van der Waals surface area contributed by atoms with Gasteiger partial charge in [0.2, 0.25) is 0 Å². The zero-order valence-electron chi connectivity index (χ0n) is 9.62. The van der Waals surface area contributed by atoms with E-state index in [1.54, 1.807) is 11.3 Å². The number of hydrogen-bond acceptors (Lipinski definition) is 4. The van der Waals surface area contributed by atoms with Crippen molar-refractivity contribution < 1.29 is 0 Å². The third kappa shape index (κ3) is 3.14. The molecule has 0 saturated carbocycles. The van der Waals surface area contributed by atoms with Crippen LogP contribution < -0.4 is 5.32 Å². The lowest BCUT2D eigenvalue weighted by atomic mass is 10.3. The first-order chi connectivity index (χ1) is 7.75. The Hall–Kier alpha value is -0.710. The van der Waals surface area contributed by atoms with Gasteiger partial charge >= 0.3 is 0 Å². The first kappa shape index (κ1) is 11.8. The maximum absolute atomic E-state index is 4.43. The highest BCUT2D eigenvalue weighted by Gasteiger charge is 2.03. The summed E-state index contributed by atoms with van der Waals surface area (Å²) >= 11 is 3.62. The van der Waals surface area contributed by atoms with Gasteiger partial charge in [0.25, 0.3) is 0 Å². The Labute approximate surface area is 104 Å². The number of aryl methyl sites for hydroxylation is 2. The number of nitrogens with one attached hydrogen (secondary N) is 1. The normalized spacial score (nSPS) is 10.9. The van der Waals surface area contributed by atoms with E-state index in [1.807, 2.05) is 11.3 Å².